The van der Waals surface area contributed by atoms with E-state index in [9.17, 15) is 0 Å². The van der Waals surface area contributed by atoms with E-state index in [-0.39, 0.29) is 17.2 Å². The highest BCUT2D eigenvalue weighted by molar-refractivity contribution is 9.10. The van der Waals surface area contributed by atoms with Crippen LogP contribution < -0.4 is 4.74 Å². The van der Waals surface area contributed by atoms with Crippen molar-refractivity contribution >= 4 is 27.5 Å². The van der Waals surface area contributed by atoms with Crippen molar-refractivity contribution in [3.63, 3.8) is 0 Å². The highest BCUT2D eigenvalue weighted by Gasteiger charge is 2.09. The van der Waals surface area contributed by atoms with Crippen molar-refractivity contribution in [2.24, 2.45) is 0 Å². The Morgan fingerprint density at radius 3 is 2.80 bits per heavy atom. The normalized spacial score (nSPS) is 10.5. The van der Waals surface area contributed by atoms with E-state index >= 15 is 0 Å². The van der Waals surface area contributed by atoms with Gasteiger partial charge in [-0.2, -0.15) is 24.7 Å². The first kappa shape index (κ1) is 12.9. The van der Waals surface area contributed by atoms with Gasteiger partial charge in [-0.25, -0.2) is 4.98 Å². The molecule has 0 aliphatic heterocycles. The topological polar surface area (TPSA) is 91.5 Å². The monoisotopic (exact) mass is 353 g/mol. The summed E-state index contributed by atoms with van der Waals surface area (Å²) in [5.74, 6) is 0.673. The van der Waals surface area contributed by atoms with Crippen molar-refractivity contribution in [3.05, 3.63) is 40.9 Å². The molecule has 0 bridgehead atoms. The third kappa shape index (κ3) is 2.89. The number of rotatable bonds is 3. The van der Waals surface area contributed by atoms with Crippen molar-refractivity contribution in [1.29, 1.82) is 0 Å². The standard InChI is InChI=1S/C10H5BrClN7O/c11-6-1-7(3-13-2-6)20-10-17-8(12)16-9(18-10)19-5-14-4-15-19/h1-5H. The van der Waals surface area contributed by atoms with E-state index < -0.39 is 0 Å². The molecule has 0 atom stereocenters. The Kier molecular flexibility index (Phi) is 3.52. The molecule has 0 amide bonds. The number of hydrogen-bond donors (Lipinski definition) is 0. The maximum absolute atomic E-state index is 5.84. The van der Waals surface area contributed by atoms with E-state index in [4.69, 9.17) is 16.3 Å². The van der Waals surface area contributed by atoms with Gasteiger partial charge in [-0.15, -0.1) is 0 Å². The largest absolute Gasteiger partial charge is 0.422 e. The van der Waals surface area contributed by atoms with Gasteiger partial charge in [0, 0.05) is 10.7 Å². The van der Waals surface area contributed by atoms with E-state index in [0.29, 0.717) is 5.75 Å². The van der Waals surface area contributed by atoms with Gasteiger partial charge in [-0.1, -0.05) is 0 Å². The molecule has 8 nitrogen and oxygen atoms in total. The fourth-order valence-electron chi connectivity index (χ4n) is 1.34. The third-order valence-corrected chi connectivity index (χ3v) is 2.69. The molecule has 0 radical (unpaired) electrons. The lowest BCUT2D eigenvalue weighted by molar-refractivity contribution is 0.435. The molecule has 100 valence electrons. The van der Waals surface area contributed by atoms with Crippen molar-refractivity contribution in [1.82, 2.24) is 34.7 Å². The minimum Gasteiger partial charge on any atom is -0.422 e. The van der Waals surface area contributed by atoms with Gasteiger partial charge in [0.15, 0.2) is 5.75 Å². The lowest BCUT2D eigenvalue weighted by Gasteiger charge is -2.05. The zero-order valence-electron chi connectivity index (χ0n) is 9.68. The van der Waals surface area contributed by atoms with E-state index in [0.717, 1.165) is 4.47 Å². The van der Waals surface area contributed by atoms with E-state index in [1.807, 2.05) is 0 Å². The summed E-state index contributed by atoms with van der Waals surface area (Å²) in [4.78, 5) is 19.7. The molecule has 0 aliphatic carbocycles. The summed E-state index contributed by atoms with van der Waals surface area (Å²) in [6.07, 6.45) is 5.96. The fourth-order valence-corrected chi connectivity index (χ4v) is 1.83. The fraction of sp³-hybridized carbons (Fsp3) is 0. The number of halogens is 2. The second-order valence-corrected chi connectivity index (χ2v) is 4.72. The number of ether oxygens (including phenoxy) is 1. The smallest absolute Gasteiger partial charge is 0.328 e. The van der Waals surface area contributed by atoms with Crippen LogP contribution in [0.25, 0.3) is 5.95 Å². The van der Waals surface area contributed by atoms with Gasteiger partial charge in [0.1, 0.15) is 12.7 Å². The van der Waals surface area contributed by atoms with Crippen LogP contribution in [-0.4, -0.2) is 34.7 Å². The molecule has 10 heteroatoms. The van der Waals surface area contributed by atoms with Crippen molar-refractivity contribution in [2.45, 2.75) is 0 Å². The Labute approximate surface area is 126 Å². The molecule has 0 aromatic carbocycles. The molecule has 20 heavy (non-hydrogen) atoms. The lowest BCUT2D eigenvalue weighted by Crippen LogP contribution is -2.05. The van der Waals surface area contributed by atoms with Gasteiger partial charge in [-0.3, -0.25) is 4.98 Å². The second kappa shape index (κ2) is 5.47. The molecule has 3 aromatic heterocycles. The summed E-state index contributed by atoms with van der Waals surface area (Å²) >= 11 is 9.13. The maximum Gasteiger partial charge on any atom is 0.328 e. The summed E-state index contributed by atoms with van der Waals surface area (Å²) in [7, 11) is 0. The summed E-state index contributed by atoms with van der Waals surface area (Å²) in [5.41, 5.74) is 0. The first-order valence-electron chi connectivity index (χ1n) is 5.26. The zero-order chi connectivity index (χ0) is 13.9. The minimum atomic E-state index is -0.0107. The third-order valence-electron chi connectivity index (χ3n) is 2.09. The first-order valence-corrected chi connectivity index (χ1v) is 6.43. The van der Waals surface area contributed by atoms with Gasteiger partial charge < -0.3 is 4.74 Å². The minimum absolute atomic E-state index is 0.0107. The quantitative estimate of drug-likeness (QED) is 0.711. The molecule has 3 heterocycles. The van der Waals surface area contributed by atoms with Crippen LogP contribution in [0.15, 0.2) is 35.6 Å². The highest BCUT2D eigenvalue weighted by Crippen LogP contribution is 2.21. The van der Waals surface area contributed by atoms with Gasteiger partial charge in [-0.05, 0) is 33.6 Å². The summed E-state index contributed by atoms with van der Waals surface area (Å²) in [6.45, 7) is 0. The molecule has 3 rings (SSSR count). The number of hydrogen-bond acceptors (Lipinski definition) is 7. The van der Waals surface area contributed by atoms with Crippen molar-refractivity contribution in [2.75, 3.05) is 0 Å². The molecule has 0 saturated heterocycles. The Hall–Kier alpha value is -2.13. The lowest BCUT2D eigenvalue weighted by atomic mass is 10.5. The molecule has 0 aliphatic rings. The molecule has 3 aromatic rings. The van der Waals surface area contributed by atoms with E-state index in [1.165, 1.54) is 23.5 Å². The van der Waals surface area contributed by atoms with Crippen LogP contribution in [0, 0.1) is 0 Å². The van der Waals surface area contributed by atoms with Gasteiger partial charge >= 0.3 is 6.01 Å². The number of pyridine rings is 1. The van der Waals surface area contributed by atoms with Crippen LogP contribution in [0.4, 0.5) is 0 Å². The molecule has 0 unspecified atom stereocenters. The molecular formula is C10H5BrClN7O. The average Bonchev–Trinajstić information content (AvgIpc) is 2.91. The predicted octanol–water partition coefficient (Wildman–Crippen LogP) is 2.06. The summed E-state index contributed by atoms with van der Waals surface area (Å²) in [5, 5.41) is 3.90. The van der Waals surface area contributed by atoms with E-state index in [2.05, 4.69) is 45.9 Å². The molecule has 0 spiro atoms. The maximum atomic E-state index is 5.84. The van der Waals surface area contributed by atoms with Crippen LogP contribution in [0.3, 0.4) is 0 Å². The van der Waals surface area contributed by atoms with Crippen LogP contribution in [-0.2, 0) is 0 Å². The summed E-state index contributed by atoms with van der Waals surface area (Å²) in [6, 6.07) is 1.76. The van der Waals surface area contributed by atoms with Gasteiger partial charge in [0.05, 0.1) is 6.20 Å². The molecule has 0 N–H and O–H groups in total. The zero-order valence-corrected chi connectivity index (χ0v) is 12.0. The molecule has 0 fully saturated rings. The summed E-state index contributed by atoms with van der Waals surface area (Å²) < 4.78 is 7.59. The van der Waals surface area contributed by atoms with E-state index in [1.54, 1.807) is 12.3 Å². The van der Waals surface area contributed by atoms with Gasteiger partial charge in [0.2, 0.25) is 5.28 Å². The van der Waals surface area contributed by atoms with Crippen LogP contribution in [0.1, 0.15) is 0 Å². The van der Waals surface area contributed by atoms with Crippen LogP contribution in [0.5, 0.6) is 11.8 Å². The predicted molar refractivity (Wildman–Crippen MR) is 71.8 cm³/mol. The van der Waals surface area contributed by atoms with Crippen LogP contribution in [0.2, 0.25) is 5.28 Å². The van der Waals surface area contributed by atoms with Crippen LogP contribution >= 0.6 is 27.5 Å². The molecule has 0 saturated carbocycles. The second-order valence-electron chi connectivity index (χ2n) is 3.47. The Morgan fingerprint density at radius 2 is 2.05 bits per heavy atom. The molecular weight excluding hydrogens is 350 g/mol. The Balaban J connectivity index is 1.94. The van der Waals surface area contributed by atoms with Gasteiger partial charge in [0.25, 0.3) is 5.95 Å². The van der Waals surface area contributed by atoms with Crippen molar-refractivity contribution in [3.8, 4) is 17.7 Å². The van der Waals surface area contributed by atoms with Crippen molar-refractivity contribution < 1.29 is 4.74 Å². The SMILES string of the molecule is Clc1nc(Oc2cncc(Br)c2)nc(-n2cncn2)n1. The average molecular weight is 355 g/mol. The number of nitrogens with zero attached hydrogens (tertiary/aromatic N) is 7. The number of aromatic nitrogens is 7. The Morgan fingerprint density at radius 1 is 1.15 bits per heavy atom. The highest BCUT2D eigenvalue weighted by atomic mass is 79.9. The first-order chi connectivity index (χ1) is 9.70. The Bertz CT molecular complexity index is 736.